The number of hydrogen-bond donors (Lipinski definition) is 1. The number of alkyl halides is 3. The molecule has 0 radical (unpaired) electrons. The molecule has 2 N–H and O–H groups in total. The fraction of sp³-hybridized carbons (Fsp3) is 0.357. The van der Waals surface area contributed by atoms with E-state index in [1.54, 1.807) is 16.8 Å². The number of nitrogens with zero attached hydrogens (tertiary/aromatic N) is 2. The van der Waals surface area contributed by atoms with E-state index >= 15 is 0 Å². The van der Waals surface area contributed by atoms with Crippen LogP contribution in [0.3, 0.4) is 0 Å². The van der Waals surface area contributed by atoms with Crippen LogP contribution in [-0.4, -0.2) is 9.78 Å². The second-order valence-electron chi connectivity index (χ2n) is 4.81. The van der Waals surface area contributed by atoms with Gasteiger partial charge in [-0.25, -0.2) is 0 Å². The fourth-order valence-corrected chi connectivity index (χ4v) is 2.09. The lowest BCUT2D eigenvalue weighted by atomic mass is 10.0. The summed E-state index contributed by atoms with van der Waals surface area (Å²) in [4.78, 5) is 0. The molecule has 0 aliphatic carbocycles. The zero-order valence-corrected chi connectivity index (χ0v) is 11.3. The monoisotopic (exact) mass is 283 g/mol. The molecule has 0 unspecified atom stereocenters. The van der Waals surface area contributed by atoms with Crippen LogP contribution in [0.1, 0.15) is 31.1 Å². The van der Waals surface area contributed by atoms with E-state index in [9.17, 15) is 13.2 Å². The predicted molar refractivity (Wildman–Crippen MR) is 70.9 cm³/mol. The number of aromatic nitrogens is 2. The Labute approximate surface area is 115 Å². The smallest absolute Gasteiger partial charge is 0.325 e. The molecule has 0 amide bonds. The third kappa shape index (κ3) is 2.70. The van der Waals surface area contributed by atoms with Crippen molar-refractivity contribution in [2.45, 2.75) is 32.6 Å². The molecule has 2 rings (SSSR count). The largest absolute Gasteiger partial charge is 0.417 e. The Morgan fingerprint density at radius 2 is 1.90 bits per heavy atom. The van der Waals surface area contributed by atoms with Crippen molar-refractivity contribution in [1.82, 2.24) is 9.78 Å². The van der Waals surface area contributed by atoms with E-state index in [1.807, 2.05) is 13.8 Å². The van der Waals surface area contributed by atoms with Gasteiger partial charge in [-0.3, -0.25) is 4.68 Å². The van der Waals surface area contributed by atoms with Crippen LogP contribution in [0.4, 0.5) is 13.2 Å². The van der Waals surface area contributed by atoms with E-state index in [1.165, 1.54) is 12.1 Å². The van der Waals surface area contributed by atoms with Crippen molar-refractivity contribution in [3.8, 4) is 11.3 Å². The van der Waals surface area contributed by atoms with E-state index in [4.69, 9.17) is 5.73 Å². The Morgan fingerprint density at radius 1 is 1.25 bits per heavy atom. The van der Waals surface area contributed by atoms with Gasteiger partial charge in [0.1, 0.15) is 0 Å². The first-order chi connectivity index (χ1) is 9.34. The molecule has 0 spiro atoms. The highest BCUT2D eigenvalue weighted by atomic mass is 19.4. The number of rotatable bonds is 3. The SMILES string of the molecule is CC(C)n1nc(CN)cc1-c1ccccc1C(F)(F)F. The normalized spacial score (nSPS) is 12.2. The molecular weight excluding hydrogens is 267 g/mol. The molecule has 0 aliphatic heterocycles. The van der Waals surface area contributed by atoms with E-state index in [0.29, 0.717) is 11.4 Å². The third-order valence-corrected chi connectivity index (χ3v) is 2.99. The van der Waals surface area contributed by atoms with Gasteiger partial charge in [0.2, 0.25) is 0 Å². The summed E-state index contributed by atoms with van der Waals surface area (Å²) in [6.07, 6.45) is -4.40. The van der Waals surface area contributed by atoms with Gasteiger partial charge >= 0.3 is 6.18 Å². The molecule has 108 valence electrons. The highest BCUT2D eigenvalue weighted by molar-refractivity contribution is 5.65. The van der Waals surface area contributed by atoms with E-state index in [0.717, 1.165) is 6.07 Å². The number of halogens is 3. The molecule has 0 aliphatic rings. The molecule has 20 heavy (non-hydrogen) atoms. The Bertz CT molecular complexity index is 600. The Kier molecular flexibility index (Phi) is 3.85. The highest BCUT2D eigenvalue weighted by Gasteiger charge is 2.34. The molecule has 0 bridgehead atoms. The van der Waals surface area contributed by atoms with Crippen molar-refractivity contribution in [2.75, 3.05) is 0 Å². The average Bonchev–Trinajstić information content (AvgIpc) is 2.82. The molecule has 1 aromatic carbocycles. The van der Waals surface area contributed by atoms with Crippen molar-refractivity contribution < 1.29 is 13.2 Å². The Balaban J connectivity index is 2.66. The minimum Gasteiger partial charge on any atom is -0.325 e. The summed E-state index contributed by atoms with van der Waals surface area (Å²) in [5, 5.41) is 4.25. The first-order valence-electron chi connectivity index (χ1n) is 6.29. The van der Waals surface area contributed by atoms with Crippen LogP contribution in [0.25, 0.3) is 11.3 Å². The number of benzene rings is 1. The molecule has 6 heteroatoms. The Hall–Kier alpha value is -1.82. The van der Waals surface area contributed by atoms with Gasteiger partial charge in [-0.2, -0.15) is 18.3 Å². The van der Waals surface area contributed by atoms with Gasteiger partial charge in [0.25, 0.3) is 0 Å². The molecule has 0 fully saturated rings. The molecule has 0 saturated heterocycles. The first-order valence-corrected chi connectivity index (χ1v) is 6.29. The fourth-order valence-electron chi connectivity index (χ4n) is 2.09. The number of nitrogens with two attached hydrogens (primary N) is 1. The van der Waals surface area contributed by atoms with Gasteiger partial charge < -0.3 is 5.73 Å². The van der Waals surface area contributed by atoms with E-state index in [-0.39, 0.29) is 18.2 Å². The van der Waals surface area contributed by atoms with Gasteiger partial charge in [0, 0.05) is 18.2 Å². The van der Waals surface area contributed by atoms with Crippen molar-refractivity contribution in [3.63, 3.8) is 0 Å². The lowest BCUT2D eigenvalue weighted by molar-refractivity contribution is -0.137. The lowest BCUT2D eigenvalue weighted by Crippen LogP contribution is -2.10. The van der Waals surface area contributed by atoms with Crippen LogP contribution in [0, 0.1) is 0 Å². The number of hydrogen-bond acceptors (Lipinski definition) is 2. The molecular formula is C14H16F3N3. The van der Waals surface area contributed by atoms with Crippen LogP contribution >= 0.6 is 0 Å². The molecule has 1 aromatic heterocycles. The van der Waals surface area contributed by atoms with E-state index < -0.39 is 11.7 Å². The van der Waals surface area contributed by atoms with Crippen LogP contribution in [0.15, 0.2) is 30.3 Å². The molecule has 0 saturated carbocycles. The predicted octanol–water partition coefficient (Wildman–Crippen LogP) is 3.61. The summed E-state index contributed by atoms with van der Waals surface area (Å²) in [7, 11) is 0. The topological polar surface area (TPSA) is 43.8 Å². The van der Waals surface area contributed by atoms with Gasteiger partial charge in [-0.15, -0.1) is 0 Å². The maximum absolute atomic E-state index is 13.1. The summed E-state index contributed by atoms with van der Waals surface area (Å²) in [5.41, 5.74) is 6.01. The van der Waals surface area contributed by atoms with Crippen molar-refractivity contribution in [2.24, 2.45) is 5.73 Å². The standard InChI is InChI=1S/C14H16F3N3/c1-9(2)20-13(7-10(8-18)19-20)11-5-3-4-6-12(11)14(15,16)17/h3-7,9H,8,18H2,1-2H3. The quantitative estimate of drug-likeness (QED) is 0.935. The van der Waals surface area contributed by atoms with Crippen LogP contribution < -0.4 is 5.73 Å². The molecule has 3 nitrogen and oxygen atoms in total. The third-order valence-electron chi connectivity index (χ3n) is 2.99. The zero-order valence-electron chi connectivity index (χ0n) is 11.3. The molecule has 2 aromatic rings. The second-order valence-corrected chi connectivity index (χ2v) is 4.81. The van der Waals surface area contributed by atoms with Gasteiger partial charge in [0.05, 0.1) is 17.0 Å². The van der Waals surface area contributed by atoms with Crippen LogP contribution in [-0.2, 0) is 12.7 Å². The first kappa shape index (κ1) is 14.6. The van der Waals surface area contributed by atoms with Gasteiger partial charge in [0.15, 0.2) is 0 Å². The van der Waals surface area contributed by atoms with E-state index in [2.05, 4.69) is 5.10 Å². The van der Waals surface area contributed by atoms with Gasteiger partial charge in [-0.1, -0.05) is 18.2 Å². The lowest BCUT2D eigenvalue weighted by Gasteiger charge is -2.15. The van der Waals surface area contributed by atoms with Crippen molar-refractivity contribution in [3.05, 3.63) is 41.6 Å². The minimum atomic E-state index is -4.40. The molecule has 0 atom stereocenters. The van der Waals surface area contributed by atoms with Gasteiger partial charge in [-0.05, 0) is 26.0 Å². The second kappa shape index (κ2) is 5.28. The van der Waals surface area contributed by atoms with Crippen molar-refractivity contribution in [1.29, 1.82) is 0 Å². The summed E-state index contributed by atoms with van der Waals surface area (Å²) >= 11 is 0. The summed E-state index contributed by atoms with van der Waals surface area (Å²) in [6, 6.07) is 7.07. The highest BCUT2D eigenvalue weighted by Crippen LogP contribution is 2.37. The molecule has 1 heterocycles. The summed E-state index contributed by atoms with van der Waals surface area (Å²) in [5.74, 6) is 0. The van der Waals surface area contributed by atoms with Crippen molar-refractivity contribution >= 4 is 0 Å². The van der Waals surface area contributed by atoms with Crippen LogP contribution in [0.5, 0.6) is 0 Å². The maximum Gasteiger partial charge on any atom is 0.417 e. The maximum atomic E-state index is 13.1. The summed E-state index contributed by atoms with van der Waals surface area (Å²) in [6.45, 7) is 3.93. The summed E-state index contributed by atoms with van der Waals surface area (Å²) < 4.78 is 40.9. The average molecular weight is 283 g/mol. The Morgan fingerprint density at radius 3 is 2.45 bits per heavy atom. The van der Waals surface area contributed by atoms with Crippen LogP contribution in [0.2, 0.25) is 0 Å². The minimum absolute atomic E-state index is 0.0495. The zero-order chi connectivity index (χ0) is 14.9.